The molecule has 0 aliphatic carbocycles. The molecule has 0 bridgehead atoms. The van der Waals surface area contributed by atoms with Crippen LogP contribution in [0.1, 0.15) is 36.8 Å². The highest BCUT2D eigenvalue weighted by molar-refractivity contribution is 5.80. The van der Waals surface area contributed by atoms with Crippen LogP contribution in [-0.4, -0.2) is 97.0 Å². The monoisotopic (exact) mass is 441 g/mol. The Kier molecular flexibility index (Phi) is 7.68. The molecule has 0 atom stereocenters. The van der Waals surface area contributed by atoms with Gasteiger partial charge in [0.25, 0.3) is 0 Å². The zero-order valence-electron chi connectivity index (χ0n) is 19.8. The van der Waals surface area contributed by atoms with E-state index in [2.05, 4.69) is 53.4 Å². The lowest BCUT2D eigenvalue weighted by Gasteiger charge is -2.38. The van der Waals surface area contributed by atoms with E-state index in [0.29, 0.717) is 19.0 Å². The number of benzene rings is 1. The number of aryl methyl sites for hydroxylation is 1. The summed E-state index contributed by atoms with van der Waals surface area (Å²) in [7, 11) is 2.10. The van der Waals surface area contributed by atoms with Crippen molar-refractivity contribution in [2.45, 2.75) is 45.2 Å². The number of piperidine rings is 2. The van der Waals surface area contributed by atoms with Gasteiger partial charge in [0.2, 0.25) is 5.91 Å². The predicted molar refractivity (Wildman–Crippen MR) is 126 cm³/mol. The average molecular weight is 442 g/mol. The van der Waals surface area contributed by atoms with Gasteiger partial charge in [-0.15, -0.1) is 0 Å². The van der Waals surface area contributed by atoms with E-state index < -0.39 is 0 Å². The molecule has 176 valence electrons. The molecule has 3 fully saturated rings. The molecule has 1 N–H and O–H groups in total. The van der Waals surface area contributed by atoms with Gasteiger partial charge in [-0.25, -0.2) is 4.79 Å². The molecule has 7 nitrogen and oxygen atoms in total. The molecule has 32 heavy (non-hydrogen) atoms. The van der Waals surface area contributed by atoms with Gasteiger partial charge in [-0.3, -0.25) is 9.69 Å². The molecule has 1 aromatic carbocycles. The number of likely N-dealkylation sites (N-methyl/N-ethyl adjacent to an activating group) is 1. The number of nitrogens with one attached hydrogen (secondary N) is 1. The van der Waals surface area contributed by atoms with Crippen LogP contribution in [-0.2, 0) is 11.3 Å². The number of amides is 3. The quantitative estimate of drug-likeness (QED) is 0.778. The van der Waals surface area contributed by atoms with Crippen molar-refractivity contribution in [2.75, 3.05) is 59.4 Å². The summed E-state index contributed by atoms with van der Waals surface area (Å²) in [6.07, 6.45) is 3.56. The third-order valence-electron chi connectivity index (χ3n) is 7.52. The number of hydrogen-bond acceptors (Lipinski definition) is 4. The van der Waals surface area contributed by atoms with Gasteiger partial charge in [-0.2, -0.15) is 0 Å². The van der Waals surface area contributed by atoms with E-state index >= 15 is 0 Å². The van der Waals surface area contributed by atoms with Crippen molar-refractivity contribution in [3.63, 3.8) is 0 Å². The topological polar surface area (TPSA) is 59.1 Å². The molecule has 1 aromatic rings. The number of hydrogen-bond donors (Lipinski definition) is 1. The zero-order valence-corrected chi connectivity index (χ0v) is 19.8. The lowest BCUT2D eigenvalue weighted by molar-refractivity contribution is -0.138. The van der Waals surface area contributed by atoms with Gasteiger partial charge in [-0.1, -0.05) is 24.3 Å². The number of urea groups is 1. The Labute approximate surface area is 192 Å². The Bertz CT molecular complexity index is 776. The minimum Gasteiger partial charge on any atom is -0.340 e. The summed E-state index contributed by atoms with van der Waals surface area (Å²) < 4.78 is 0. The van der Waals surface area contributed by atoms with Crippen molar-refractivity contribution >= 4 is 11.9 Å². The van der Waals surface area contributed by atoms with Gasteiger partial charge in [0.05, 0.1) is 0 Å². The average Bonchev–Trinajstić information content (AvgIpc) is 2.82. The SMILES string of the molecule is Cc1ccccc1CN1CCC(NC(=O)N2CCC(C(=O)N3CCN(C)CC3)CC2)CC1. The standard InChI is InChI=1S/C25H39N5O2/c1-20-5-3-4-6-22(20)19-28-11-9-23(10-12-28)26-25(32)30-13-7-21(8-14-30)24(31)29-17-15-27(2)16-18-29/h3-6,21,23H,7-19H2,1-2H3,(H,26,32). The summed E-state index contributed by atoms with van der Waals surface area (Å²) in [4.78, 5) is 34.3. The molecule has 3 aliphatic heterocycles. The highest BCUT2D eigenvalue weighted by atomic mass is 16.2. The van der Waals surface area contributed by atoms with E-state index in [4.69, 9.17) is 0 Å². The van der Waals surface area contributed by atoms with Crippen LogP contribution in [0.25, 0.3) is 0 Å². The summed E-state index contributed by atoms with van der Waals surface area (Å²) in [6.45, 7) is 10.1. The molecule has 0 radical (unpaired) electrons. The fraction of sp³-hybridized carbons (Fsp3) is 0.680. The number of likely N-dealkylation sites (tertiary alicyclic amines) is 2. The van der Waals surface area contributed by atoms with Crippen LogP contribution in [0.3, 0.4) is 0 Å². The maximum atomic E-state index is 12.8. The van der Waals surface area contributed by atoms with E-state index in [0.717, 1.165) is 71.5 Å². The summed E-state index contributed by atoms with van der Waals surface area (Å²) in [5, 5.41) is 3.26. The lowest BCUT2D eigenvalue weighted by atomic mass is 9.95. The first-order valence-electron chi connectivity index (χ1n) is 12.3. The Morgan fingerprint density at radius 2 is 1.53 bits per heavy atom. The normalized spacial score (nSPS) is 22.2. The molecule has 0 unspecified atom stereocenters. The zero-order chi connectivity index (χ0) is 22.5. The number of rotatable bonds is 4. The van der Waals surface area contributed by atoms with Crippen LogP contribution >= 0.6 is 0 Å². The second-order valence-corrected chi connectivity index (χ2v) is 9.82. The van der Waals surface area contributed by atoms with E-state index in [1.807, 2.05) is 9.80 Å². The fourth-order valence-electron chi connectivity index (χ4n) is 5.14. The largest absolute Gasteiger partial charge is 0.340 e. The van der Waals surface area contributed by atoms with Crippen molar-refractivity contribution in [1.82, 2.24) is 24.9 Å². The highest BCUT2D eigenvalue weighted by Crippen LogP contribution is 2.21. The van der Waals surface area contributed by atoms with Crippen molar-refractivity contribution in [2.24, 2.45) is 5.92 Å². The van der Waals surface area contributed by atoms with Gasteiger partial charge < -0.3 is 20.0 Å². The number of carbonyl (C=O) groups excluding carboxylic acids is 2. The maximum Gasteiger partial charge on any atom is 0.317 e. The fourth-order valence-corrected chi connectivity index (χ4v) is 5.14. The lowest BCUT2D eigenvalue weighted by Crippen LogP contribution is -2.53. The first kappa shape index (κ1) is 23.1. The number of piperazine rings is 1. The third-order valence-corrected chi connectivity index (χ3v) is 7.52. The molecular formula is C25H39N5O2. The van der Waals surface area contributed by atoms with Crippen LogP contribution in [0.5, 0.6) is 0 Å². The maximum absolute atomic E-state index is 12.8. The van der Waals surface area contributed by atoms with Crippen LogP contribution < -0.4 is 5.32 Å². The Morgan fingerprint density at radius 1 is 0.875 bits per heavy atom. The van der Waals surface area contributed by atoms with Crippen LogP contribution in [0, 0.1) is 12.8 Å². The molecule has 3 heterocycles. The van der Waals surface area contributed by atoms with E-state index in [1.165, 1.54) is 11.1 Å². The second-order valence-electron chi connectivity index (χ2n) is 9.82. The van der Waals surface area contributed by atoms with Gasteiger partial charge in [-0.05, 0) is 50.8 Å². The third kappa shape index (κ3) is 5.81. The molecule has 3 amide bonds. The molecule has 3 aliphatic rings. The molecule has 3 saturated heterocycles. The van der Waals surface area contributed by atoms with Gasteiger partial charge in [0.15, 0.2) is 0 Å². The Morgan fingerprint density at radius 3 is 2.19 bits per heavy atom. The molecule has 7 heteroatoms. The molecule has 0 spiro atoms. The smallest absolute Gasteiger partial charge is 0.317 e. The second kappa shape index (κ2) is 10.7. The summed E-state index contributed by atoms with van der Waals surface area (Å²) in [5.41, 5.74) is 2.74. The Balaban J connectivity index is 1.16. The Hall–Kier alpha value is -2.12. The van der Waals surface area contributed by atoms with Crippen molar-refractivity contribution in [3.8, 4) is 0 Å². The van der Waals surface area contributed by atoms with Crippen LogP contribution in [0.2, 0.25) is 0 Å². The van der Waals surface area contributed by atoms with Gasteiger partial charge >= 0.3 is 6.03 Å². The summed E-state index contributed by atoms with van der Waals surface area (Å²) in [5.74, 6) is 0.367. The minimum absolute atomic E-state index is 0.0489. The van der Waals surface area contributed by atoms with E-state index in [9.17, 15) is 9.59 Å². The van der Waals surface area contributed by atoms with Crippen LogP contribution in [0.4, 0.5) is 4.79 Å². The van der Waals surface area contributed by atoms with Crippen molar-refractivity contribution < 1.29 is 9.59 Å². The van der Waals surface area contributed by atoms with Crippen molar-refractivity contribution in [1.29, 1.82) is 0 Å². The first-order valence-corrected chi connectivity index (χ1v) is 12.3. The first-order chi connectivity index (χ1) is 15.5. The molecule has 0 aromatic heterocycles. The van der Waals surface area contributed by atoms with Crippen LogP contribution in [0.15, 0.2) is 24.3 Å². The van der Waals surface area contributed by atoms with Gasteiger partial charge in [0, 0.05) is 70.9 Å². The molecular weight excluding hydrogens is 402 g/mol. The number of carbonyl (C=O) groups is 2. The highest BCUT2D eigenvalue weighted by Gasteiger charge is 2.32. The predicted octanol–water partition coefficient (Wildman–Crippen LogP) is 2.16. The van der Waals surface area contributed by atoms with Gasteiger partial charge in [0.1, 0.15) is 0 Å². The molecule has 4 rings (SSSR count). The summed E-state index contributed by atoms with van der Waals surface area (Å²) >= 11 is 0. The summed E-state index contributed by atoms with van der Waals surface area (Å²) in [6, 6.07) is 8.88. The van der Waals surface area contributed by atoms with E-state index in [1.54, 1.807) is 0 Å². The minimum atomic E-state index is 0.0489. The molecule has 0 saturated carbocycles. The number of nitrogens with zero attached hydrogens (tertiary/aromatic N) is 4. The van der Waals surface area contributed by atoms with E-state index in [-0.39, 0.29) is 18.0 Å². The van der Waals surface area contributed by atoms with Crippen molar-refractivity contribution in [3.05, 3.63) is 35.4 Å².